The van der Waals surface area contributed by atoms with Gasteiger partial charge in [-0.25, -0.2) is 4.39 Å². The summed E-state index contributed by atoms with van der Waals surface area (Å²) < 4.78 is 20.2. The number of carbonyl (C=O) groups is 2. The molecule has 2 atom stereocenters. The number of aromatic nitrogens is 1. The van der Waals surface area contributed by atoms with E-state index in [1.807, 2.05) is 12.1 Å². The minimum Gasteiger partial charge on any atom is -0.382 e. The number of hydrogen-bond donors (Lipinski definition) is 1. The summed E-state index contributed by atoms with van der Waals surface area (Å²) in [7, 11) is 1.75. The summed E-state index contributed by atoms with van der Waals surface area (Å²) in [5, 5.41) is 6.91. The Balaban J connectivity index is 1.29. The van der Waals surface area contributed by atoms with Gasteiger partial charge in [-0.1, -0.05) is 35.0 Å². The van der Waals surface area contributed by atoms with Crippen molar-refractivity contribution in [1.29, 1.82) is 0 Å². The molecule has 3 aliphatic rings. The predicted octanol–water partition coefficient (Wildman–Crippen LogP) is 4.75. The summed E-state index contributed by atoms with van der Waals surface area (Å²) in [6, 6.07) is 13.1. The van der Waals surface area contributed by atoms with E-state index >= 15 is 0 Å². The van der Waals surface area contributed by atoms with Crippen LogP contribution >= 0.6 is 11.6 Å². The molecule has 0 radical (unpaired) electrons. The number of rotatable bonds is 6. The number of anilines is 2. The highest BCUT2D eigenvalue weighted by Crippen LogP contribution is 2.38. The molecule has 6 rings (SSSR count). The maximum absolute atomic E-state index is 14.7. The number of pyridine rings is 1. The van der Waals surface area contributed by atoms with Crippen LogP contribution in [0.5, 0.6) is 0 Å². The van der Waals surface area contributed by atoms with Crippen molar-refractivity contribution in [3.63, 3.8) is 0 Å². The number of ether oxygens (including phenoxy) is 1. The summed E-state index contributed by atoms with van der Waals surface area (Å²) in [6.07, 6.45) is 4.90. The number of fused-ring (bicyclic) bond motifs is 1. The number of nitrogens with zero attached hydrogens (tertiary/aromatic N) is 4. The van der Waals surface area contributed by atoms with Gasteiger partial charge < -0.3 is 24.7 Å². The highest BCUT2D eigenvalue weighted by Gasteiger charge is 2.42. The number of oxime groups is 1. The molecule has 0 spiro atoms. The standard InChI is InChI=1S/C31H31ClFN5O4/c1-41-20-10-14-37(15-11-20)26-9-3-6-22-21(26)12-16-38(29(22)30(39)35-19-5-4-13-34-18-19)31(40)27-17-25(36-42-27)23-7-2-8-24(32)28(23)33/h2-9,13,18,20,27,29H,10-12,14-17H2,1H3,(H,35,39). The number of amides is 2. The molecule has 42 heavy (non-hydrogen) atoms. The van der Waals surface area contributed by atoms with E-state index in [-0.39, 0.29) is 34.9 Å². The lowest BCUT2D eigenvalue weighted by atomic mass is 9.89. The van der Waals surface area contributed by atoms with Crippen LogP contribution in [0.4, 0.5) is 15.8 Å². The Bertz CT molecular complexity index is 1510. The SMILES string of the molecule is COC1CCN(c2cccc3c2CCN(C(=O)C2CC(c4cccc(Cl)c4F)=NO2)C3C(=O)Nc2cccnc2)CC1. The molecule has 0 aliphatic carbocycles. The second kappa shape index (κ2) is 12.1. The zero-order valence-corrected chi connectivity index (χ0v) is 23.9. The van der Waals surface area contributed by atoms with E-state index in [0.29, 0.717) is 24.4 Å². The topological polar surface area (TPSA) is 96.4 Å². The zero-order chi connectivity index (χ0) is 29.2. The van der Waals surface area contributed by atoms with Crippen molar-refractivity contribution in [2.75, 3.05) is 37.0 Å². The van der Waals surface area contributed by atoms with E-state index < -0.39 is 18.0 Å². The van der Waals surface area contributed by atoms with Crippen molar-refractivity contribution in [2.24, 2.45) is 5.16 Å². The summed E-state index contributed by atoms with van der Waals surface area (Å²) >= 11 is 5.96. The van der Waals surface area contributed by atoms with Crippen molar-refractivity contribution < 1.29 is 23.6 Å². The minimum absolute atomic E-state index is 0.0352. The van der Waals surface area contributed by atoms with E-state index in [1.54, 1.807) is 48.7 Å². The Morgan fingerprint density at radius 3 is 2.67 bits per heavy atom. The number of carbonyl (C=O) groups excluding carboxylic acids is 2. The molecule has 11 heteroatoms. The Kier molecular flexibility index (Phi) is 8.08. The Hall–Kier alpha value is -4.02. The third-order valence-electron chi connectivity index (χ3n) is 8.18. The number of methoxy groups -OCH3 is 1. The molecule has 0 saturated carbocycles. The maximum atomic E-state index is 14.7. The lowest BCUT2D eigenvalue weighted by Gasteiger charge is -2.40. The van der Waals surface area contributed by atoms with Gasteiger partial charge in [0.15, 0.2) is 5.82 Å². The van der Waals surface area contributed by atoms with Crippen molar-refractivity contribution >= 4 is 40.5 Å². The van der Waals surface area contributed by atoms with Gasteiger partial charge in [-0.3, -0.25) is 14.6 Å². The van der Waals surface area contributed by atoms with E-state index in [2.05, 4.69) is 26.4 Å². The first kappa shape index (κ1) is 28.1. The normalized spacial score (nSPS) is 20.5. The van der Waals surface area contributed by atoms with Crippen LogP contribution < -0.4 is 10.2 Å². The second-order valence-corrected chi connectivity index (χ2v) is 11.0. The monoisotopic (exact) mass is 591 g/mol. The molecule has 1 saturated heterocycles. The number of nitrogens with one attached hydrogen (secondary N) is 1. The minimum atomic E-state index is -0.995. The third-order valence-corrected chi connectivity index (χ3v) is 8.47. The van der Waals surface area contributed by atoms with Crippen LogP contribution in [0.1, 0.15) is 42.0 Å². The Morgan fingerprint density at radius 1 is 1.10 bits per heavy atom. The first-order valence-electron chi connectivity index (χ1n) is 14.0. The molecule has 3 aromatic rings. The summed E-state index contributed by atoms with van der Waals surface area (Å²) in [5.74, 6) is -1.36. The zero-order valence-electron chi connectivity index (χ0n) is 23.1. The van der Waals surface area contributed by atoms with Crippen LogP contribution in [0.2, 0.25) is 5.02 Å². The van der Waals surface area contributed by atoms with Gasteiger partial charge in [-0.15, -0.1) is 0 Å². The van der Waals surface area contributed by atoms with Gasteiger partial charge in [-0.05, 0) is 60.7 Å². The average Bonchev–Trinajstić information content (AvgIpc) is 3.52. The smallest absolute Gasteiger partial charge is 0.267 e. The number of benzene rings is 2. The lowest BCUT2D eigenvalue weighted by Crippen LogP contribution is -2.49. The van der Waals surface area contributed by atoms with Gasteiger partial charge in [0.05, 0.1) is 28.7 Å². The van der Waals surface area contributed by atoms with Crippen LogP contribution in [-0.4, -0.2) is 66.4 Å². The fraction of sp³-hybridized carbons (Fsp3) is 0.355. The molecule has 4 heterocycles. The van der Waals surface area contributed by atoms with Gasteiger partial charge >= 0.3 is 0 Å². The van der Waals surface area contributed by atoms with E-state index in [4.69, 9.17) is 21.2 Å². The molecule has 1 aromatic heterocycles. The molecule has 2 amide bonds. The van der Waals surface area contributed by atoms with Gasteiger partial charge in [-0.2, -0.15) is 0 Å². The summed E-state index contributed by atoms with van der Waals surface area (Å²) in [5.41, 5.74) is 3.90. The molecule has 218 valence electrons. The largest absolute Gasteiger partial charge is 0.382 e. The van der Waals surface area contributed by atoms with E-state index in [0.717, 1.165) is 42.7 Å². The molecular weight excluding hydrogens is 561 g/mol. The Morgan fingerprint density at radius 2 is 1.90 bits per heavy atom. The summed E-state index contributed by atoms with van der Waals surface area (Å²) in [4.78, 5) is 41.4. The van der Waals surface area contributed by atoms with Crippen LogP contribution in [0, 0.1) is 5.82 Å². The van der Waals surface area contributed by atoms with Crippen LogP contribution in [-0.2, 0) is 25.6 Å². The second-order valence-electron chi connectivity index (χ2n) is 10.6. The van der Waals surface area contributed by atoms with Gasteiger partial charge in [0, 0.05) is 50.6 Å². The quantitative estimate of drug-likeness (QED) is 0.445. The molecule has 2 aromatic carbocycles. The molecular formula is C31H31ClFN5O4. The van der Waals surface area contributed by atoms with Crippen LogP contribution in [0.25, 0.3) is 0 Å². The fourth-order valence-electron chi connectivity index (χ4n) is 6.03. The average molecular weight is 592 g/mol. The van der Waals surface area contributed by atoms with Gasteiger partial charge in [0.1, 0.15) is 6.04 Å². The molecule has 1 N–H and O–H groups in total. The van der Waals surface area contributed by atoms with Crippen molar-refractivity contribution in [3.8, 4) is 0 Å². The Labute approximate surface area is 248 Å². The van der Waals surface area contributed by atoms with Crippen molar-refractivity contribution in [3.05, 3.63) is 88.5 Å². The number of hydrogen-bond acceptors (Lipinski definition) is 7. The highest BCUT2D eigenvalue weighted by atomic mass is 35.5. The molecule has 1 fully saturated rings. The van der Waals surface area contributed by atoms with Crippen molar-refractivity contribution in [1.82, 2.24) is 9.88 Å². The third kappa shape index (κ3) is 5.44. The highest BCUT2D eigenvalue weighted by molar-refractivity contribution is 6.31. The molecule has 2 unspecified atom stereocenters. The van der Waals surface area contributed by atoms with E-state index in [9.17, 15) is 14.0 Å². The molecule has 0 bridgehead atoms. The van der Waals surface area contributed by atoms with Crippen LogP contribution in [0.15, 0.2) is 66.1 Å². The predicted molar refractivity (Wildman–Crippen MR) is 157 cm³/mol. The number of halogens is 2. The number of piperidine rings is 1. The van der Waals surface area contributed by atoms with Crippen LogP contribution in [0.3, 0.4) is 0 Å². The summed E-state index contributed by atoms with van der Waals surface area (Å²) in [6.45, 7) is 2.00. The maximum Gasteiger partial charge on any atom is 0.267 e. The van der Waals surface area contributed by atoms with Gasteiger partial charge in [0.2, 0.25) is 6.10 Å². The molecule has 9 nitrogen and oxygen atoms in total. The van der Waals surface area contributed by atoms with E-state index in [1.165, 1.54) is 6.07 Å². The van der Waals surface area contributed by atoms with Crippen molar-refractivity contribution in [2.45, 2.75) is 43.9 Å². The van der Waals surface area contributed by atoms with Gasteiger partial charge in [0.25, 0.3) is 11.8 Å². The fourth-order valence-corrected chi connectivity index (χ4v) is 6.20. The first-order valence-corrected chi connectivity index (χ1v) is 14.4. The molecule has 3 aliphatic heterocycles. The lowest BCUT2D eigenvalue weighted by molar-refractivity contribution is -0.148. The first-order chi connectivity index (χ1) is 20.4.